The van der Waals surface area contributed by atoms with Gasteiger partial charge in [-0.2, -0.15) is 0 Å². The van der Waals surface area contributed by atoms with Gasteiger partial charge in [0.25, 0.3) is 7.82 Å². The first-order chi connectivity index (χ1) is 31.0. The summed E-state index contributed by atoms with van der Waals surface area (Å²) in [6, 6.07) is 0. The van der Waals surface area contributed by atoms with Gasteiger partial charge in [-0.25, -0.2) is 0 Å². The van der Waals surface area contributed by atoms with E-state index in [1.54, 1.807) is 0 Å². The van der Waals surface area contributed by atoms with Crippen LogP contribution < -0.4 is 4.89 Å². The molecule has 2 atom stereocenters. The number of carbonyl (C=O) groups excluding carboxylic acids is 2. The Morgan fingerprint density at radius 3 is 1.20 bits per heavy atom. The molecule has 0 N–H and O–H groups in total. The van der Waals surface area contributed by atoms with Gasteiger partial charge in [-0.3, -0.25) is 14.2 Å². The fourth-order valence-corrected chi connectivity index (χ4v) is 8.74. The second-order valence-electron chi connectivity index (χ2n) is 20.0. The first-order valence-electron chi connectivity index (χ1n) is 27.4. The topological polar surface area (TPSA) is 111 Å². The maximum absolute atomic E-state index is 12.7. The van der Waals surface area contributed by atoms with Crippen LogP contribution in [-0.2, 0) is 32.7 Å². The number of allylic oxidation sites excluding steroid dienone is 2. The molecule has 0 aromatic rings. The Morgan fingerprint density at radius 1 is 0.469 bits per heavy atom. The first kappa shape index (κ1) is 62.8. The average Bonchev–Trinajstić information content (AvgIpc) is 3.25. The summed E-state index contributed by atoms with van der Waals surface area (Å²) in [6.07, 6.45) is 52.6. The predicted molar refractivity (Wildman–Crippen MR) is 268 cm³/mol. The van der Waals surface area contributed by atoms with E-state index in [0.717, 1.165) is 32.1 Å². The Balaban J connectivity index is 4.19. The zero-order valence-corrected chi connectivity index (χ0v) is 43.9. The average molecular weight is 928 g/mol. The molecule has 0 bridgehead atoms. The molecular weight excluding hydrogens is 822 g/mol. The molecule has 0 spiro atoms. The van der Waals surface area contributed by atoms with Crippen molar-refractivity contribution in [3.05, 3.63) is 12.2 Å². The number of phosphoric acid groups is 1. The third-order valence-electron chi connectivity index (χ3n) is 12.3. The van der Waals surface area contributed by atoms with E-state index in [4.69, 9.17) is 18.5 Å². The quantitative estimate of drug-likeness (QED) is 0.0195. The van der Waals surface area contributed by atoms with Gasteiger partial charge in [0.2, 0.25) is 0 Å². The maximum Gasteiger partial charge on any atom is 0.306 e. The molecule has 0 aliphatic heterocycles. The van der Waals surface area contributed by atoms with Crippen LogP contribution in [0.4, 0.5) is 0 Å². The highest BCUT2D eigenvalue weighted by molar-refractivity contribution is 7.45. The van der Waals surface area contributed by atoms with Crippen LogP contribution in [-0.4, -0.2) is 70.0 Å². The standard InChI is InChI=1S/C54H106NO8P/c1-6-8-10-12-14-16-18-20-22-24-25-26-27-28-29-31-33-35-37-39-41-43-45-47-54(57)63-52(51-62-64(58,59)61-49-48-55(3,4)5)50-60-53(56)46-44-42-40-38-36-34-32-30-23-21-19-17-15-13-11-9-7-2/h39,41,52H,6-38,40,42-51H2,1-5H3/b41-39+/t52-/m1/s1. The molecule has 0 aromatic heterocycles. The number of likely N-dealkylation sites (N-methyl/N-ethyl adjacent to an activating group) is 1. The van der Waals surface area contributed by atoms with Crippen LogP contribution in [0.5, 0.6) is 0 Å². The Kier molecular flexibility index (Phi) is 45.9. The Bertz CT molecular complexity index is 1100. The fourth-order valence-electron chi connectivity index (χ4n) is 8.02. The first-order valence-corrected chi connectivity index (χ1v) is 28.9. The minimum absolute atomic E-state index is 0.0316. The highest BCUT2D eigenvalue weighted by atomic mass is 31.2. The highest BCUT2D eigenvalue weighted by Gasteiger charge is 2.21. The van der Waals surface area contributed by atoms with E-state index < -0.39 is 26.5 Å². The van der Waals surface area contributed by atoms with Gasteiger partial charge < -0.3 is 27.9 Å². The zero-order valence-electron chi connectivity index (χ0n) is 43.0. The van der Waals surface area contributed by atoms with Gasteiger partial charge in [-0.15, -0.1) is 0 Å². The van der Waals surface area contributed by atoms with Crippen molar-refractivity contribution in [3.63, 3.8) is 0 Å². The smallest absolute Gasteiger partial charge is 0.306 e. The molecule has 0 rings (SSSR count). The van der Waals surface area contributed by atoms with E-state index in [2.05, 4.69) is 26.0 Å². The third-order valence-corrected chi connectivity index (χ3v) is 13.2. The minimum atomic E-state index is -4.63. The molecule has 0 heterocycles. The second-order valence-corrected chi connectivity index (χ2v) is 21.4. The Labute approximate surface area is 396 Å². The van der Waals surface area contributed by atoms with Crippen molar-refractivity contribution < 1.29 is 42.1 Å². The molecule has 0 amide bonds. The number of esters is 2. The molecule has 380 valence electrons. The highest BCUT2D eigenvalue weighted by Crippen LogP contribution is 2.38. The van der Waals surface area contributed by atoms with Crippen LogP contribution in [0.25, 0.3) is 0 Å². The van der Waals surface area contributed by atoms with Crippen molar-refractivity contribution in [3.8, 4) is 0 Å². The molecule has 64 heavy (non-hydrogen) atoms. The van der Waals surface area contributed by atoms with Gasteiger partial charge in [0.15, 0.2) is 6.10 Å². The number of hydrogen-bond acceptors (Lipinski definition) is 8. The van der Waals surface area contributed by atoms with Gasteiger partial charge in [-0.05, 0) is 32.1 Å². The lowest BCUT2D eigenvalue weighted by molar-refractivity contribution is -0.870. The monoisotopic (exact) mass is 928 g/mol. The third kappa shape index (κ3) is 50.2. The number of nitrogens with zero attached hydrogens (tertiary/aromatic N) is 1. The Morgan fingerprint density at radius 2 is 0.812 bits per heavy atom. The lowest BCUT2D eigenvalue weighted by Gasteiger charge is -2.28. The normalized spacial score (nSPS) is 13.4. The lowest BCUT2D eigenvalue weighted by atomic mass is 10.0. The van der Waals surface area contributed by atoms with Crippen molar-refractivity contribution in [2.75, 3.05) is 47.5 Å². The van der Waals surface area contributed by atoms with Crippen LogP contribution in [0.2, 0.25) is 0 Å². The molecule has 10 heteroatoms. The van der Waals surface area contributed by atoms with E-state index in [0.29, 0.717) is 17.4 Å². The lowest BCUT2D eigenvalue weighted by Crippen LogP contribution is -2.37. The largest absolute Gasteiger partial charge is 0.756 e. The molecule has 9 nitrogen and oxygen atoms in total. The number of ether oxygens (including phenoxy) is 2. The summed E-state index contributed by atoms with van der Waals surface area (Å²) in [5.41, 5.74) is 0. The number of carbonyl (C=O) groups is 2. The summed E-state index contributed by atoms with van der Waals surface area (Å²) in [4.78, 5) is 37.7. The number of phosphoric ester groups is 1. The predicted octanol–water partition coefficient (Wildman–Crippen LogP) is 15.8. The van der Waals surface area contributed by atoms with Crippen molar-refractivity contribution in [1.82, 2.24) is 0 Å². The minimum Gasteiger partial charge on any atom is -0.756 e. The van der Waals surface area contributed by atoms with Crippen molar-refractivity contribution in [1.29, 1.82) is 0 Å². The van der Waals surface area contributed by atoms with Crippen LogP contribution in [0.1, 0.15) is 271 Å². The SMILES string of the molecule is CCCCCCCCCCCCCCCCCCCC/C=C/CCCC(=O)O[C@H](COC(=O)CCCCCCCCCCCCCCCCCCC)COP(=O)([O-])OCC[N+](C)(C)C. The molecule has 0 aliphatic carbocycles. The summed E-state index contributed by atoms with van der Waals surface area (Å²) in [5, 5.41) is 0. The van der Waals surface area contributed by atoms with Crippen LogP contribution in [0, 0.1) is 0 Å². The molecule has 0 saturated heterocycles. The molecule has 1 unspecified atom stereocenters. The van der Waals surface area contributed by atoms with E-state index >= 15 is 0 Å². The van der Waals surface area contributed by atoms with E-state index in [9.17, 15) is 19.0 Å². The molecule has 0 aromatic carbocycles. The van der Waals surface area contributed by atoms with E-state index in [-0.39, 0.29) is 32.0 Å². The van der Waals surface area contributed by atoms with Crippen LogP contribution >= 0.6 is 7.82 Å². The van der Waals surface area contributed by atoms with E-state index in [1.165, 1.54) is 205 Å². The Hall–Kier alpha value is -1.25. The molecular formula is C54H106NO8P. The van der Waals surface area contributed by atoms with Crippen LogP contribution in [0.15, 0.2) is 12.2 Å². The van der Waals surface area contributed by atoms with Gasteiger partial charge in [0, 0.05) is 12.8 Å². The van der Waals surface area contributed by atoms with Gasteiger partial charge in [0.1, 0.15) is 19.8 Å². The number of quaternary nitrogens is 1. The second kappa shape index (κ2) is 46.8. The van der Waals surface area contributed by atoms with Gasteiger partial charge in [0.05, 0.1) is 27.7 Å². The van der Waals surface area contributed by atoms with Crippen molar-refractivity contribution >= 4 is 19.8 Å². The molecule has 0 aliphatic rings. The summed E-state index contributed by atoms with van der Waals surface area (Å²) in [7, 11) is 1.17. The van der Waals surface area contributed by atoms with E-state index in [1.807, 2.05) is 21.1 Å². The zero-order chi connectivity index (χ0) is 47.1. The number of hydrogen-bond donors (Lipinski definition) is 0. The van der Waals surface area contributed by atoms with Crippen molar-refractivity contribution in [2.24, 2.45) is 0 Å². The summed E-state index contributed by atoms with van der Waals surface area (Å²) < 4.78 is 34.1. The number of unbranched alkanes of at least 4 members (excludes halogenated alkanes) is 35. The molecule has 0 fully saturated rings. The van der Waals surface area contributed by atoms with Crippen LogP contribution in [0.3, 0.4) is 0 Å². The summed E-state index contributed by atoms with van der Waals surface area (Å²) in [6.45, 7) is 4.26. The molecule has 0 radical (unpaired) electrons. The fraction of sp³-hybridized carbons (Fsp3) is 0.926. The number of rotatable bonds is 51. The van der Waals surface area contributed by atoms with Crippen molar-refractivity contribution in [2.45, 2.75) is 277 Å². The van der Waals surface area contributed by atoms with Gasteiger partial charge >= 0.3 is 11.9 Å². The molecule has 0 saturated carbocycles. The summed E-state index contributed by atoms with van der Waals surface area (Å²) >= 11 is 0. The van der Waals surface area contributed by atoms with Gasteiger partial charge in [-0.1, -0.05) is 238 Å². The maximum atomic E-state index is 12.7. The summed E-state index contributed by atoms with van der Waals surface area (Å²) in [5.74, 6) is -0.854.